The van der Waals surface area contributed by atoms with Crippen LogP contribution in [0, 0.1) is 24.5 Å². The van der Waals surface area contributed by atoms with E-state index in [1.165, 1.54) is 58.3 Å². The van der Waals surface area contributed by atoms with Crippen molar-refractivity contribution in [2.75, 3.05) is 0 Å². The van der Waals surface area contributed by atoms with Crippen LogP contribution in [0.3, 0.4) is 0 Å². The van der Waals surface area contributed by atoms with Crippen LogP contribution in [0.4, 0.5) is 8.78 Å². The summed E-state index contributed by atoms with van der Waals surface area (Å²) in [6, 6.07) is 3.10. The lowest BCUT2D eigenvalue weighted by atomic mass is 9.77. The van der Waals surface area contributed by atoms with Gasteiger partial charge in [0.2, 0.25) is 0 Å². The quantitative estimate of drug-likeness (QED) is 0.480. The van der Waals surface area contributed by atoms with Gasteiger partial charge in [-0.3, -0.25) is 0 Å². The molecule has 0 N–H and O–H groups in total. The summed E-state index contributed by atoms with van der Waals surface area (Å²) in [7, 11) is 0. The fourth-order valence-electron chi connectivity index (χ4n) is 3.72. The molecule has 1 aliphatic carbocycles. The molecule has 2 heteroatoms. The second-order valence-electron chi connectivity index (χ2n) is 7.03. The van der Waals surface area contributed by atoms with Gasteiger partial charge in [-0.1, -0.05) is 45.4 Å². The van der Waals surface area contributed by atoms with Gasteiger partial charge >= 0.3 is 0 Å². The minimum atomic E-state index is -0.395. The second kappa shape index (κ2) is 8.64. The van der Waals surface area contributed by atoms with Crippen molar-refractivity contribution in [2.24, 2.45) is 5.92 Å². The number of rotatable bonds is 7. The Morgan fingerprint density at radius 2 is 1.50 bits per heavy atom. The highest BCUT2D eigenvalue weighted by Gasteiger charge is 2.23. The van der Waals surface area contributed by atoms with E-state index >= 15 is 0 Å². The molecule has 0 unspecified atom stereocenters. The van der Waals surface area contributed by atoms with Gasteiger partial charge in [0.05, 0.1) is 0 Å². The Kier molecular flexibility index (Phi) is 6.85. The number of unbranched alkanes of at least 4 members (excludes halogenated alkanes) is 4. The van der Waals surface area contributed by atoms with Crippen molar-refractivity contribution in [1.82, 2.24) is 0 Å². The van der Waals surface area contributed by atoms with E-state index in [9.17, 15) is 8.78 Å². The molecular weight excluding hydrogens is 278 g/mol. The van der Waals surface area contributed by atoms with Gasteiger partial charge < -0.3 is 0 Å². The van der Waals surface area contributed by atoms with E-state index in [-0.39, 0.29) is 5.56 Å². The highest BCUT2D eigenvalue weighted by molar-refractivity contribution is 5.28. The van der Waals surface area contributed by atoms with Crippen molar-refractivity contribution in [1.29, 1.82) is 0 Å². The average Bonchev–Trinajstić information content (AvgIpc) is 2.52. The van der Waals surface area contributed by atoms with Crippen LogP contribution in [-0.4, -0.2) is 0 Å². The van der Waals surface area contributed by atoms with Gasteiger partial charge in [-0.25, -0.2) is 8.78 Å². The molecule has 0 spiro atoms. The summed E-state index contributed by atoms with van der Waals surface area (Å²) in [6.45, 7) is 3.75. The Bertz CT molecular complexity index is 436. The van der Waals surface area contributed by atoms with E-state index < -0.39 is 11.6 Å². The van der Waals surface area contributed by atoms with E-state index in [1.54, 1.807) is 12.1 Å². The van der Waals surface area contributed by atoms with Crippen LogP contribution < -0.4 is 0 Å². The summed E-state index contributed by atoms with van der Waals surface area (Å²) < 4.78 is 27.4. The summed E-state index contributed by atoms with van der Waals surface area (Å²) in [5, 5.41) is 0. The molecule has 1 aliphatic rings. The zero-order valence-electron chi connectivity index (χ0n) is 14.1. The molecule has 1 aromatic carbocycles. The van der Waals surface area contributed by atoms with Crippen LogP contribution in [-0.2, 0) is 0 Å². The molecule has 0 bridgehead atoms. The van der Waals surface area contributed by atoms with Gasteiger partial charge in [0.25, 0.3) is 0 Å². The third kappa shape index (κ3) is 4.79. The zero-order valence-corrected chi connectivity index (χ0v) is 14.1. The maximum atomic E-state index is 13.7. The van der Waals surface area contributed by atoms with Gasteiger partial charge in [-0.2, -0.15) is 0 Å². The molecule has 0 aromatic heterocycles. The smallest absolute Gasteiger partial charge is 0.129 e. The lowest BCUT2D eigenvalue weighted by Crippen LogP contribution is -2.14. The Balaban J connectivity index is 1.77. The topological polar surface area (TPSA) is 0 Å². The van der Waals surface area contributed by atoms with Gasteiger partial charge in [-0.15, -0.1) is 0 Å². The normalized spacial score (nSPS) is 22.0. The van der Waals surface area contributed by atoms with Crippen LogP contribution in [0.2, 0.25) is 0 Å². The summed E-state index contributed by atoms with van der Waals surface area (Å²) in [5.74, 6) is 0.389. The van der Waals surface area contributed by atoms with Crippen molar-refractivity contribution in [3.63, 3.8) is 0 Å². The highest BCUT2D eigenvalue weighted by Crippen LogP contribution is 2.38. The number of hydrogen-bond acceptors (Lipinski definition) is 0. The predicted octanol–water partition coefficient (Wildman–Crippen LogP) is 6.91. The van der Waals surface area contributed by atoms with Crippen molar-refractivity contribution < 1.29 is 8.78 Å². The predicted molar refractivity (Wildman–Crippen MR) is 89.2 cm³/mol. The van der Waals surface area contributed by atoms with Gasteiger partial charge in [0, 0.05) is 5.56 Å². The standard InChI is InChI=1S/C20H30F2/c1-3-4-5-6-7-8-16-9-11-17(12-10-16)18-13-19(21)15(2)20(22)14-18/h13-14,16-17H,3-12H2,1-2H3. The molecule has 1 aromatic rings. The Hall–Kier alpha value is -0.920. The molecule has 0 atom stereocenters. The minimum absolute atomic E-state index is 0.143. The van der Waals surface area contributed by atoms with Crippen LogP contribution in [0.5, 0.6) is 0 Å². The van der Waals surface area contributed by atoms with E-state index in [0.29, 0.717) is 5.92 Å². The summed E-state index contributed by atoms with van der Waals surface area (Å²) in [6.07, 6.45) is 12.7. The van der Waals surface area contributed by atoms with E-state index in [4.69, 9.17) is 0 Å². The fraction of sp³-hybridized carbons (Fsp3) is 0.700. The largest absolute Gasteiger partial charge is 0.207 e. The third-order valence-electron chi connectivity index (χ3n) is 5.34. The molecule has 2 rings (SSSR count). The summed E-state index contributed by atoms with van der Waals surface area (Å²) in [4.78, 5) is 0. The number of hydrogen-bond donors (Lipinski definition) is 0. The van der Waals surface area contributed by atoms with Crippen LogP contribution >= 0.6 is 0 Å². The molecule has 0 aliphatic heterocycles. The highest BCUT2D eigenvalue weighted by atomic mass is 19.1. The van der Waals surface area contributed by atoms with Crippen molar-refractivity contribution in [3.05, 3.63) is 34.9 Å². The Labute approximate surface area is 134 Å². The first-order chi connectivity index (χ1) is 10.6. The molecule has 0 nitrogen and oxygen atoms in total. The molecule has 22 heavy (non-hydrogen) atoms. The molecule has 124 valence electrons. The SMILES string of the molecule is CCCCCCCC1CCC(c2cc(F)c(C)c(F)c2)CC1. The van der Waals surface area contributed by atoms with Crippen LogP contribution in [0.15, 0.2) is 12.1 Å². The van der Waals surface area contributed by atoms with Crippen molar-refractivity contribution >= 4 is 0 Å². The molecule has 0 amide bonds. The molecule has 1 fully saturated rings. The van der Waals surface area contributed by atoms with Crippen LogP contribution in [0.1, 0.15) is 88.2 Å². The first-order valence-electron chi connectivity index (χ1n) is 9.07. The molecule has 0 radical (unpaired) electrons. The second-order valence-corrected chi connectivity index (χ2v) is 7.03. The lowest BCUT2D eigenvalue weighted by molar-refractivity contribution is 0.301. The fourth-order valence-corrected chi connectivity index (χ4v) is 3.72. The number of benzene rings is 1. The van der Waals surface area contributed by atoms with Crippen molar-refractivity contribution in [3.8, 4) is 0 Å². The van der Waals surface area contributed by atoms with E-state index in [1.807, 2.05) is 0 Å². The maximum absolute atomic E-state index is 13.7. The minimum Gasteiger partial charge on any atom is -0.207 e. The summed E-state index contributed by atoms with van der Waals surface area (Å²) in [5.41, 5.74) is 1.01. The summed E-state index contributed by atoms with van der Waals surface area (Å²) >= 11 is 0. The van der Waals surface area contributed by atoms with Crippen LogP contribution in [0.25, 0.3) is 0 Å². The van der Waals surface area contributed by atoms with Gasteiger partial charge in [0.1, 0.15) is 11.6 Å². The molecular formula is C20H30F2. The molecule has 0 saturated heterocycles. The van der Waals surface area contributed by atoms with Crippen molar-refractivity contribution in [2.45, 2.75) is 84.0 Å². The van der Waals surface area contributed by atoms with Gasteiger partial charge in [-0.05, 0) is 62.1 Å². The monoisotopic (exact) mass is 308 g/mol. The molecule has 1 saturated carbocycles. The van der Waals surface area contributed by atoms with E-state index in [2.05, 4.69) is 6.92 Å². The first kappa shape index (κ1) is 17.4. The zero-order chi connectivity index (χ0) is 15.9. The van der Waals surface area contributed by atoms with E-state index in [0.717, 1.165) is 24.3 Å². The number of halogens is 2. The Morgan fingerprint density at radius 1 is 0.909 bits per heavy atom. The van der Waals surface area contributed by atoms with Gasteiger partial charge in [0.15, 0.2) is 0 Å². The maximum Gasteiger partial charge on any atom is 0.129 e. The lowest BCUT2D eigenvalue weighted by Gasteiger charge is -2.29. The first-order valence-corrected chi connectivity index (χ1v) is 9.07. The Morgan fingerprint density at radius 3 is 2.09 bits per heavy atom. The molecule has 0 heterocycles. The average molecular weight is 308 g/mol. The third-order valence-corrected chi connectivity index (χ3v) is 5.34.